The summed E-state index contributed by atoms with van der Waals surface area (Å²) in [6.45, 7) is 0.566. The molecule has 1 fully saturated rings. The van der Waals surface area contributed by atoms with Crippen LogP contribution in [0, 0.1) is 5.41 Å². The maximum Gasteiger partial charge on any atom is 0.224 e. The van der Waals surface area contributed by atoms with Crippen molar-refractivity contribution < 1.29 is 4.79 Å². The van der Waals surface area contributed by atoms with Crippen LogP contribution in [0.1, 0.15) is 38.5 Å². The van der Waals surface area contributed by atoms with Crippen molar-refractivity contribution in [3.63, 3.8) is 0 Å². The molecule has 1 aliphatic rings. The number of hydrogen-bond donors (Lipinski definition) is 2. The molecule has 0 spiro atoms. The van der Waals surface area contributed by atoms with Crippen molar-refractivity contribution in [2.24, 2.45) is 11.1 Å². The average Bonchev–Trinajstić information content (AvgIpc) is 2.38. The van der Waals surface area contributed by atoms with Gasteiger partial charge in [-0.3, -0.25) is 4.79 Å². The molecule has 1 aromatic rings. The van der Waals surface area contributed by atoms with Crippen molar-refractivity contribution in [3.8, 4) is 0 Å². The summed E-state index contributed by atoms with van der Waals surface area (Å²) in [5, 5.41) is 3.89. The van der Waals surface area contributed by atoms with Crippen LogP contribution in [0.15, 0.2) is 18.2 Å². The molecule has 0 aromatic heterocycles. The lowest BCUT2D eigenvalue weighted by atomic mass is 9.71. The van der Waals surface area contributed by atoms with Gasteiger partial charge in [-0.2, -0.15) is 0 Å². The SMILES string of the molecule is NCC1(CC(=O)Nc2cc(Cl)cc(Cl)c2)CCCCC1. The second-order valence-corrected chi connectivity index (χ2v) is 6.52. The van der Waals surface area contributed by atoms with E-state index in [-0.39, 0.29) is 11.3 Å². The quantitative estimate of drug-likeness (QED) is 0.873. The van der Waals surface area contributed by atoms with Gasteiger partial charge in [-0.1, -0.05) is 42.5 Å². The molecule has 1 aliphatic carbocycles. The van der Waals surface area contributed by atoms with Crippen molar-refractivity contribution in [1.29, 1.82) is 0 Å². The first-order valence-electron chi connectivity index (χ1n) is 6.99. The summed E-state index contributed by atoms with van der Waals surface area (Å²) in [7, 11) is 0. The number of nitrogens with one attached hydrogen (secondary N) is 1. The number of benzene rings is 1. The van der Waals surface area contributed by atoms with Crippen LogP contribution < -0.4 is 11.1 Å². The molecule has 0 radical (unpaired) electrons. The van der Waals surface area contributed by atoms with E-state index < -0.39 is 0 Å². The number of carbonyl (C=O) groups is 1. The van der Waals surface area contributed by atoms with Crippen LogP contribution in [0.2, 0.25) is 10.0 Å². The molecule has 3 nitrogen and oxygen atoms in total. The maximum atomic E-state index is 12.2. The Kier molecular flexibility index (Phi) is 5.30. The summed E-state index contributed by atoms with van der Waals surface area (Å²) in [6, 6.07) is 5.03. The summed E-state index contributed by atoms with van der Waals surface area (Å²) in [6.07, 6.45) is 6.10. The van der Waals surface area contributed by atoms with E-state index in [0.717, 1.165) is 25.7 Å². The lowest BCUT2D eigenvalue weighted by molar-refractivity contribution is -0.118. The Morgan fingerprint density at radius 2 is 1.75 bits per heavy atom. The van der Waals surface area contributed by atoms with E-state index in [1.165, 1.54) is 6.42 Å². The van der Waals surface area contributed by atoms with Crippen LogP contribution in [0.4, 0.5) is 5.69 Å². The highest BCUT2D eigenvalue weighted by molar-refractivity contribution is 6.35. The number of rotatable bonds is 4. The van der Waals surface area contributed by atoms with Gasteiger partial charge in [0.15, 0.2) is 0 Å². The molecule has 20 heavy (non-hydrogen) atoms. The van der Waals surface area contributed by atoms with Gasteiger partial charge in [0.05, 0.1) is 0 Å². The zero-order valence-corrected chi connectivity index (χ0v) is 12.9. The predicted molar refractivity (Wildman–Crippen MR) is 84.3 cm³/mol. The third kappa shape index (κ3) is 4.11. The highest BCUT2D eigenvalue weighted by Crippen LogP contribution is 2.38. The number of carbonyl (C=O) groups excluding carboxylic acids is 1. The van der Waals surface area contributed by atoms with Crippen LogP contribution in [0.3, 0.4) is 0 Å². The van der Waals surface area contributed by atoms with Gasteiger partial charge in [0.2, 0.25) is 5.91 Å². The molecule has 0 aliphatic heterocycles. The van der Waals surface area contributed by atoms with Crippen LogP contribution in [-0.2, 0) is 4.79 Å². The molecular weight excluding hydrogens is 295 g/mol. The Labute approximate surface area is 129 Å². The van der Waals surface area contributed by atoms with E-state index in [0.29, 0.717) is 28.7 Å². The van der Waals surface area contributed by atoms with Crippen molar-refractivity contribution in [1.82, 2.24) is 0 Å². The molecule has 0 heterocycles. The number of nitrogens with two attached hydrogens (primary N) is 1. The monoisotopic (exact) mass is 314 g/mol. The van der Waals surface area contributed by atoms with E-state index in [4.69, 9.17) is 28.9 Å². The minimum atomic E-state index is -0.0370. The van der Waals surface area contributed by atoms with E-state index in [2.05, 4.69) is 5.32 Å². The Morgan fingerprint density at radius 3 is 2.30 bits per heavy atom. The molecule has 1 amide bonds. The second kappa shape index (κ2) is 6.79. The molecule has 110 valence electrons. The number of hydrogen-bond acceptors (Lipinski definition) is 2. The number of amides is 1. The first-order valence-corrected chi connectivity index (χ1v) is 7.75. The Bertz CT molecular complexity index is 465. The summed E-state index contributed by atoms with van der Waals surface area (Å²) in [5.41, 5.74) is 6.50. The third-order valence-electron chi connectivity index (χ3n) is 4.03. The highest BCUT2D eigenvalue weighted by Gasteiger charge is 2.32. The molecule has 3 N–H and O–H groups in total. The fraction of sp³-hybridized carbons (Fsp3) is 0.533. The minimum absolute atomic E-state index is 0.0179. The Balaban J connectivity index is 2.00. The van der Waals surface area contributed by atoms with Crippen LogP contribution in [-0.4, -0.2) is 12.5 Å². The summed E-state index contributed by atoms with van der Waals surface area (Å²) in [4.78, 5) is 12.2. The Hall–Kier alpha value is -0.770. The van der Waals surface area contributed by atoms with Gasteiger partial charge in [0, 0.05) is 22.2 Å². The van der Waals surface area contributed by atoms with Gasteiger partial charge in [0.25, 0.3) is 0 Å². The van der Waals surface area contributed by atoms with E-state index in [1.807, 2.05) is 0 Å². The average molecular weight is 315 g/mol. The molecule has 0 unspecified atom stereocenters. The van der Waals surface area contributed by atoms with E-state index in [1.54, 1.807) is 18.2 Å². The minimum Gasteiger partial charge on any atom is -0.330 e. The standard InChI is InChI=1S/C15H20Cl2N2O/c16-11-6-12(17)8-13(7-11)19-14(20)9-15(10-18)4-2-1-3-5-15/h6-8H,1-5,9-10,18H2,(H,19,20). The van der Waals surface area contributed by atoms with Crippen LogP contribution in [0.25, 0.3) is 0 Å². The van der Waals surface area contributed by atoms with Gasteiger partial charge >= 0.3 is 0 Å². The highest BCUT2D eigenvalue weighted by atomic mass is 35.5. The van der Waals surface area contributed by atoms with Crippen molar-refractivity contribution in [3.05, 3.63) is 28.2 Å². The second-order valence-electron chi connectivity index (χ2n) is 5.65. The topological polar surface area (TPSA) is 55.1 Å². The van der Waals surface area contributed by atoms with Crippen LogP contribution >= 0.6 is 23.2 Å². The van der Waals surface area contributed by atoms with Gasteiger partial charge in [-0.15, -0.1) is 0 Å². The first-order chi connectivity index (χ1) is 9.53. The third-order valence-corrected chi connectivity index (χ3v) is 4.47. The molecule has 0 atom stereocenters. The normalized spacial score (nSPS) is 17.8. The van der Waals surface area contributed by atoms with Gasteiger partial charge in [-0.25, -0.2) is 0 Å². The predicted octanol–water partition coefficient (Wildman–Crippen LogP) is 4.23. The summed E-state index contributed by atoms with van der Waals surface area (Å²) >= 11 is 11.8. The first kappa shape index (κ1) is 15.6. The molecular formula is C15H20Cl2N2O. The smallest absolute Gasteiger partial charge is 0.224 e. The van der Waals surface area contributed by atoms with Gasteiger partial charge in [0.1, 0.15) is 0 Å². The van der Waals surface area contributed by atoms with Gasteiger partial charge in [-0.05, 0) is 43.0 Å². The Morgan fingerprint density at radius 1 is 1.15 bits per heavy atom. The zero-order chi connectivity index (χ0) is 14.6. The van der Waals surface area contributed by atoms with E-state index >= 15 is 0 Å². The molecule has 5 heteroatoms. The summed E-state index contributed by atoms with van der Waals surface area (Å²) in [5.74, 6) is -0.0179. The van der Waals surface area contributed by atoms with Gasteiger partial charge < -0.3 is 11.1 Å². The molecule has 0 saturated heterocycles. The zero-order valence-electron chi connectivity index (χ0n) is 11.4. The number of anilines is 1. The van der Waals surface area contributed by atoms with Crippen molar-refractivity contribution in [2.45, 2.75) is 38.5 Å². The van der Waals surface area contributed by atoms with Crippen LogP contribution in [0.5, 0.6) is 0 Å². The van der Waals surface area contributed by atoms with Crippen molar-refractivity contribution in [2.75, 3.05) is 11.9 Å². The molecule has 1 saturated carbocycles. The fourth-order valence-electron chi connectivity index (χ4n) is 2.93. The van der Waals surface area contributed by atoms with E-state index in [9.17, 15) is 4.79 Å². The lowest BCUT2D eigenvalue weighted by Gasteiger charge is -2.35. The number of halogens is 2. The maximum absolute atomic E-state index is 12.2. The lowest BCUT2D eigenvalue weighted by Crippen LogP contribution is -2.36. The summed E-state index contributed by atoms with van der Waals surface area (Å²) < 4.78 is 0. The molecule has 0 bridgehead atoms. The largest absolute Gasteiger partial charge is 0.330 e. The fourth-order valence-corrected chi connectivity index (χ4v) is 3.45. The van der Waals surface area contributed by atoms with Crippen molar-refractivity contribution >= 4 is 34.8 Å². The molecule has 2 rings (SSSR count). The molecule has 1 aromatic carbocycles.